The molecule has 0 spiro atoms. The Kier molecular flexibility index (Phi) is 10.7. The predicted octanol–water partition coefficient (Wildman–Crippen LogP) is 4.75. The molecule has 1 N–H and O–H groups in total. The second-order valence-corrected chi connectivity index (χ2v) is 11.5. The minimum Gasteiger partial charge on any atom is -0.497 e. The zero-order valence-corrected chi connectivity index (χ0v) is 23.8. The number of carbonyl (C=O) groups excluding carboxylic acids is 2. The van der Waals surface area contributed by atoms with Crippen molar-refractivity contribution in [3.8, 4) is 5.75 Å². The molecule has 0 fully saturated rings. The Morgan fingerprint density at radius 3 is 2.28 bits per heavy atom. The summed E-state index contributed by atoms with van der Waals surface area (Å²) in [6, 6.07) is 8.63. The molecule has 0 saturated carbocycles. The van der Waals surface area contributed by atoms with Crippen LogP contribution >= 0.6 is 34.8 Å². The highest BCUT2D eigenvalue weighted by Gasteiger charge is 2.31. The van der Waals surface area contributed by atoms with Crippen LogP contribution in [0.2, 0.25) is 15.1 Å². The summed E-state index contributed by atoms with van der Waals surface area (Å²) in [5, 5.41) is 3.09. The maximum atomic E-state index is 13.6. The third-order valence-corrected chi connectivity index (χ3v) is 7.74. The zero-order valence-electron chi connectivity index (χ0n) is 20.7. The molecule has 0 unspecified atom stereocenters. The number of nitrogens with zero attached hydrogens (tertiary/aromatic N) is 2. The first kappa shape index (κ1) is 30.0. The van der Waals surface area contributed by atoms with Crippen LogP contribution in [-0.4, -0.2) is 57.1 Å². The lowest BCUT2D eigenvalue weighted by Crippen LogP contribution is -2.52. The van der Waals surface area contributed by atoms with Gasteiger partial charge in [0.25, 0.3) is 0 Å². The fraction of sp³-hybridized carbons (Fsp3) is 0.417. The molecule has 2 rings (SSSR count). The highest BCUT2D eigenvalue weighted by atomic mass is 35.5. The van der Waals surface area contributed by atoms with Gasteiger partial charge in [0.15, 0.2) is 0 Å². The van der Waals surface area contributed by atoms with Crippen LogP contribution in [0.3, 0.4) is 0 Å². The highest BCUT2D eigenvalue weighted by molar-refractivity contribution is 7.92. The molecule has 12 heteroatoms. The van der Waals surface area contributed by atoms with E-state index in [2.05, 4.69) is 5.32 Å². The lowest BCUT2D eigenvalue weighted by molar-refractivity contribution is -0.139. The van der Waals surface area contributed by atoms with Gasteiger partial charge < -0.3 is 15.0 Å². The van der Waals surface area contributed by atoms with Crippen LogP contribution in [0, 0.1) is 0 Å². The molecule has 198 valence electrons. The van der Waals surface area contributed by atoms with Crippen molar-refractivity contribution in [2.75, 3.05) is 24.2 Å². The first-order valence-corrected chi connectivity index (χ1v) is 14.1. The summed E-state index contributed by atoms with van der Waals surface area (Å²) in [7, 11) is -2.45. The van der Waals surface area contributed by atoms with E-state index >= 15 is 0 Å². The van der Waals surface area contributed by atoms with E-state index < -0.39 is 28.5 Å². The summed E-state index contributed by atoms with van der Waals surface area (Å²) in [6.07, 6.45) is 1.66. The lowest BCUT2D eigenvalue weighted by Gasteiger charge is -2.32. The maximum Gasteiger partial charge on any atom is 0.244 e. The van der Waals surface area contributed by atoms with E-state index in [1.807, 2.05) is 13.8 Å². The van der Waals surface area contributed by atoms with Gasteiger partial charge in [-0.2, -0.15) is 0 Å². The lowest BCUT2D eigenvalue weighted by atomic mass is 10.1. The molecular formula is C24H30Cl3N3O5S. The van der Waals surface area contributed by atoms with Crippen molar-refractivity contribution in [1.82, 2.24) is 10.2 Å². The van der Waals surface area contributed by atoms with E-state index in [1.54, 1.807) is 31.2 Å². The molecule has 0 radical (unpaired) electrons. The average molecular weight is 579 g/mol. The maximum absolute atomic E-state index is 13.6. The number of halogens is 3. The molecule has 0 bridgehead atoms. The summed E-state index contributed by atoms with van der Waals surface area (Å²) in [5.74, 6) is -0.395. The second kappa shape index (κ2) is 12.9. The van der Waals surface area contributed by atoms with Gasteiger partial charge in [0.2, 0.25) is 21.8 Å². The molecular weight excluding hydrogens is 549 g/mol. The highest BCUT2D eigenvalue weighted by Crippen LogP contribution is 2.35. The predicted molar refractivity (Wildman–Crippen MR) is 145 cm³/mol. The number of amides is 2. The Morgan fingerprint density at radius 2 is 1.69 bits per heavy atom. The van der Waals surface area contributed by atoms with E-state index in [0.717, 1.165) is 10.6 Å². The monoisotopic (exact) mass is 577 g/mol. The summed E-state index contributed by atoms with van der Waals surface area (Å²) in [5.41, 5.74) is 0.698. The molecule has 0 heterocycles. The third kappa shape index (κ3) is 7.90. The van der Waals surface area contributed by atoms with Crippen molar-refractivity contribution in [3.63, 3.8) is 0 Å². The SMILES string of the molecule is CC[C@@H](C)NC(=O)[C@H](C)N(Cc1cccc(OC)c1)C(=O)CN(c1cc(Cl)c(Cl)cc1Cl)S(C)(=O)=O. The van der Waals surface area contributed by atoms with Gasteiger partial charge in [0.1, 0.15) is 18.3 Å². The van der Waals surface area contributed by atoms with Gasteiger partial charge in [-0.15, -0.1) is 0 Å². The Balaban J connectivity index is 2.47. The summed E-state index contributed by atoms with van der Waals surface area (Å²) in [4.78, 5) is 27.9. The van der Waals surface area contributed by atoms with E-state index in [-0.39, 0.29) is 39.2 Å². The summed E-state index contributed by atoms with van der Waals surface area (Å²) in [6.45, 7) is 4.81. The zero-order chi connectivity index (χ0) is 27.2. The summed E-state index contributed by atoms with van der Waals surface area (Å²) >= 11 is 18.4. The molecule has 0 aliphatic carbocycles. The van der Waals surface area contributed by atoms with Gasteiger partial charge in [-0.05, 0) is 50.1 Å². The summed E-state index contributed by atoms with van der Waals surface area (Å²) < 4.78 is 31.5. The van der Waals surface area contributed by atoms with E-state index in [0.29, 0.717) is 17.7 Å². The van der Waals surface area contributed by atoms with Crippen LogP contribution in [-0.2, 0) is 26.2 Å². The molecule has 36 heavy (non-hydrogen) atoms. The molecule has 2 atom stereocenters. The second-order valence-electron chi connectivity index (χ2n) is 8.35. The van der Waals surface area contributed by atoms with Crippen LogP contribution in [0.1, 0.15) is 32.8 Å². The number of rotatable bonds is 11. The van der Waals surface area contributed by atoms with Gasteiger partial charge in [0, 0.05) is 12.6 Å². The first-order valence-electron chi connectivity index (χ1n) is 11.1. The smallest absolute Gasteiger partial charge is 0.244 e. The number of nitrogens with one attached hydrogen (secondary N) is 1. The molecule has 2 amide bonds. The van der Waals surface area contributed by atoms with E-state index in [9.17, 15) is 18.0 Å². The first-order chi connectivity index (χ1) is 16.8. The Bertz CT molecular complexity index is 1210. The van der Waals surface area contributed by atoms with Gasteiger partial charge >= 0.3 is 0 Å². The van der Waals surface area contributed by atoms with Crippen molar-refractivity contribution >= 4 is 62.3 Å². The normalized spacial score (nSPS) is 13.0. The van der Waals surface area contributed by atoms with Crippen molar-refractivity contribution in [1.29, 1.82) is 0 Å². The average Bonchev–Trinajstić information content (AvgIpc) is 2.82. The van der Waals surface area contributed by atoms with Crippen molar-refractivity contribution in [3.05, 3.63) is 57.0 Å². The molecule has 0 aromatic heterocycles. The van der Waals surface area contributed by atoms with E-state index in [1.165, 1.54) is 24.1 Å². The van der Waals surface area contributed by atoms with Gasteiger partial charge in [-0.1, -0.05) is 53.9 Å². The van der Waals surface area contributed by atoms with Crippen LogP contribution in [0.15, 0.2) is 36.4 Å². The standard InChI is InChI=1S/C24H30Cl3N3O5S/c1-6-15(2)28-24(32)16(3)29(13-17-8-7-9-18(10-17)35-4)23(31)14-30(36(5,33)34)22-12-20(26)19(25)11-21(22)27/h7-12,15-16H,6,13-14H2,1-5H3,(H,28,32)/t15-,16+/m1/s1. The Morgan fingerprint density at radius 1 is 1.06 bits per heavy atom. The number of benzene rings is 2. The molecule has 0 saturated heterocycles. The quantitative estimate of drug-likeness (QED) is 0.388. The molecule has 8 nitrogen and oxygen atoms in total. The number of sulfonamides is 1. The van der Waals surface area contributed by atoms with Crippen LogP contribution < -0.4 is 14.4 Å². The minimum absolute atomic E-state index is 0.0000400. The van der Waals surface area contributed by atoms with Gasteiger partial charge in [0.05, 0.1) is 34.1 Å². The van der Waals surface area contributed by atoms with Crippen LogP contribution in [0.4, 0.5) is 5.69 Å². The molecule has 0 aliphatic heterocycles. The number of hydrogen-bond donors (Lipinski definition) is 1. The molecule has 0 aliphatic rings. The largest absolute Gasteiger partial charge is 0.497 e. The van der Waals surface area contributed by atoms with Crippen molar-refractivity contribution in [2.24, 2.45) is 0 Å². The Hall–Kier alpha value is -2.20. The number of carbonyl (C=O) groups is 2. The number of hydrogen-bond acceptors (Lipinski definition) is 5. The topological polar surface area (TPSA) is 96.0 Å². The van der Waals surface area contributed by atoms with Crippen LogP contribution in [0.25, 0.3) is 0 Å². The number of ether oxygens (including phenoxy) is 1. The number of methoxy groups -OCH3 is 1. The minimum atomic E-state index is -3.97. The van der Waals surface area contributed by atoms with Crippen molar-refractivity contribution in [2.45, 2.75) is 45.8 Å². The van der Waals surface area contributed by atoms with Gasteiger partial charge in [-0.25, -0.2) is 8.42 Å². The molecule has 2 aromatic carbocycles. The molecule has 2 aromatic rings. The number of anilines is 1. The third-order valence-electron chi connectivity index (χ3n) is 5.59. The fourth-order valence-corrected chi connectivity index (χ4v) is 4.86. The van der Waals surface area contributed by atoms with Crippen LogP contribution in [0.5, 0.6) is 5.75 Å². The van der Waals surface area contributed by atoms with Crippen molar-refractivity contribution < 1.29 is 22.7 Å². The Labute approximate surface area is 227 Å². The van der Waals surface area contributed by atoms with E-state index in [4.69, 9.17) is 39.5 Å². The fourth-order valence-electron chi connectivity index (χ4n) is 3.31. The van der Waals surface area contributed by atoms with Gasteiger partial charge in [-0.3, -0.25) is 13.9 Å².